The zero-order valence-electron chi connectivity index (χ0n) is 10.3. The third-order valence-corrected chi connectivity index (χ3v) is 2.15. The van der Waals surface area contributed by atoms with E-state index in [0.717, 1.165) is 0 Å². The maximum Gasteiger partial charge on any atom is 0.317 e. The molecule has 0 heterocycles. The van der Waals surface area contributed by atoms with Crippen molar-refractivity contribution in [3.8, 4) is 11.5 Å². The van der Waals surface area contributed by atoms with E-state index in [9.17, 15) is 4.79 Å². The number of carbonyl (C=O) groups is 1. The van der Waals surface area contributed by atoms with Gasteiger partial charge in [-0.2, -0.15) is 0 Å². The lowest BCUT2D eigenvalue weighted by atomic mass is 10.3. The van der Waals surface area contributed by atoms with Crippen LogP contribution in [0.5, 0.6) is 11.5 Å². The Balaban J connectivity index is 2.26. The van der Waals surface area contributed by atoms with E-state index in [1.807, 2.05) is 12.1 Å². The molecule has 0 saturated carbocycles. The van der Waals surface area contributed by atoms with Crippen LogP contribution in [0.15, 0.2) is 24.3 Å². The van der Waals surface area contributed by atoms with Crippen LogP contribution < -0.4 is 20.1 Å². The Labute approximate surface area is 106 Å². The number of methoxy groups -OCH3 is 1. The van der Waals surface area contributed by atoms with E-state index in [4.69, 9.17) is 14.6 Å². The number of nitrogens with one attached hydrogen (secondary N) is 2. The second-order valence-electron chi connectivity index (χ2n) is 3.45. The number of carbonyl (C=O) groups excluding carboxylic acids is 1. The van der Waals surface area contributed by atoms with E-state index in [-0.39, 0.29) is 19.4 Å². The molecule has 3 N–H and O–H groups in total. The minimum Gasteiger partial charge on any atom is -0.493 e. The fourth-order valence-electron chi connectivity index (χ4n) is 1.26. The molecule has 6 nitrogen and oxygen atoms in total. The first kappa shape index (κ1) is 14.1. The van der Waals surface area contributed by atoms with Crippen LogP contribution in [0.25, 0.3) is 0 Å². The van der Waals surface area contributed by atoms with Crippen LogP contribution in [0, 0.1) is 0 Å². The summed E-state index contributed by atoms with van der Waals surface area (Å²) in [5, 5.41) is 13.7. The van der Waals surface area contributed by atoms with Gasteiger partial charge in [-0.25, -0.2) is 4.79 Å². The highest BCUT2D eigenvalue weighted by atomic mass is 16.5. The quantitative estimate of drug-likeness (QED) is 0.494. The SMILES string of the molecule is COc1ccccc1OCNC(=O)NCCCO. The number of urea groups is 1. The van der Waals surface area contributed by atoms with Gasteiger partial charge in [0.25, 0.3) is 0 Å². The maximum atomic E-state index is 11.2. The molecule has 2 amide bonds. The van der Waals surface area contributed by atoms with Gasteiger partial charge >= 0.3 is 6.03 Å². The summed E-state index contributed by atoms with van der Waals surface area (Å²) >= 11 is 0. The van der Waals surface area contributed by atoms with Gasteiger partial charge in [0.2, 0.25) is 0 Å². The molecule has 0 spiro atoms. The zero-order chi connectivity index (χ0) is 13.2. The molecular weight excluding hydrogens is 236 g/mol. The molecule has 100 valence electrons. The van der Waals surface area contributed by atoms with Crippen LogP contribution in [-0.4, -0.2) is 38.1 Å². The average molecular weight is 254 g/mol. The Hall–Kier alpha value is -1.95. The topological polar surface area (TPSA) is 79.8 Å². The first-order valence-corrected chi connectivity index (χ1v) is 5.66. The highest BCUT2D eigenvalue weighted by molar-refractivity contribution is 5.73. The Kier molecular flexibility index (Phi) is 6.42. The minimum atomic E-state index is -0.335. The molecule has 0 bridgehead atoms. The monoisotopic (exact) mass is 254 g/mol. The van der Waals surface area contributed by atoms with E-state index < -0.39 is 0 Å². The lowest BCUT2D eigenvalue weighted by molar-refractivity contribution is 0.220. The number of aliphatic hydroxyl groups is 1. The van der Waals surface area contributed by atoms with Gasteiger partial charge in [0.15, 0.2) is 18.2 Å². The smallest absolute Gasteiger partial charge is 0.317 e. The summed E-state index contributed by atoms with van der Waals surface area (Å²) < 4.78 is 10.5. The Bertz CT molecular complexity index is 371. The van der Waals surface area contributed by atoms with E-state index in [0.29, 0.717) is 24.5 Å². The predicted molar refractivity (Wildman–Crippen MR) is 66.7 cm³/mol. The van der Waals surface area contributed by atoms with Crippen molar-refractivity contribution in [1.82, 2.24) is 10.6 Å². The van der Waals surface area contributed by atoms with Gasteiger partial charge < -0.3 is 25.2 Å². The third-order valence-electron chi connectivity index (χ3n) is 2.15. The number of rotatable bonds is 7. The molecule has 0 radical (unpaired) electrons. The van der Waals surface area contributed by atoms with Crippen LogP contribution in [0.3, 0.4) is 0 Å². The molecule has 1 aromatic rings. The molecule has 1 aromatic carbocycles. The van der Waals surface area contributed by atoms with Crippen molar-refractivity contribution in [1.29, 1.82) is 0 Å². The predicted octanol–water partition coefficient (Wildman–Crippen LogP) is 0.713. The second kappa shape index (κ2) is 8.19. The summed E-state index contributed by atoms with van der Waals surface area (Å²) in [5.41, 5.74) is 0. The molecule has 0 aliphatic heterocycles. The van der Waals surface area contributed by atoms with E-state index in [2.05, 4.69) is 10.6 Å². The number of ether oxygens (including phenoxy) is 2. The number of hydrogen-bond donors (Lipinski definition) is 3. The molecule has 0 fully saturated rings. The standard InChI is InChI=1S/C12H18N2O4/c1-17-10-5-2-3-6-11(10)18-9-14-12(16)13-7-4-8-15/h2-3,5-6,15H,4,7-9H2,1H3,(H2,13,14,16). The Morgan fingerprint density at radius 3 is 2.67 bits per heavy atom. The zero-order valence-corrected chi connectivity index (χ0v) is 10.3. The Morgan fingerprint density at radius 2 is 2.00 bits per heavy atom. The van der Waals surface area contributed by atoms with Crippen LogP contribution in [0.2, 0.25) is 0 Å². The number of aliphatic hydroxyl groups excluding tert-OH is 1. The molecule has 1 rings (SSSR count). The third kappa shape index (κ3) is 4.92. The van der Waals surface area contributed by atoms with Crippen molar-refractivity contribution >= 4 is 6.03 Å². The van der Waals surface area contributed by atoms with Crippen LogP contribution >= 0.6 is 0 Å². The molecule has 18 heavy (non-hydrogen) atoms. The molecule has 6 heteroatoms. The van der Waals surface area contributed by atoms with Gasteiger partial charge in [-0.05, 0) is 18.6 Å². The first-order chi connectivity index (χ1) is 8.77. The van der Waals surface area contributed by atoms with Crippen molar-refractivity contribution in [2.75, 3.05) is 27.0 Å². The van der Waals surface area contributed by atoms with E-state index >= 15 is 0 Å². The maximum absolute atomic E-state index is 11.2. The van der Waals surface area contributed by atoms with Crippen molar-refractivity contribution in [2.45, 2.75) is 6.42 Å². The van der Waals surface area contributed by atoms with Gasteiger partial charge in [0.1, 0.15) is 0 Å². The first-order valence-electron chi connectivity index (χ1n) is 5.66. The summed E-state index contributed by atoms with van der Waals surface area (Å²) in [4.78, 5) is 11.2. The molecule has 0 atom stereocenters. The van der Waals surface area contributed by atoms with Crippen LogP contribution in [0.1, 0.15) is 6.42 Å². The summed E-state index contributed by atoms with van der Waals surface area (Å²) in [6.07, 6.45) is 0.529. The van der Waals surface area contributed by atoms with Gasteiger partial charge in [-0.3, -0.25) is 0 Å². The number of hydrogen-bond acceptors (Lipinski definition) is 4. The lowest BCUT2D eigenvalue weighted by Gasteiger charge is -2.11. The van der Waals surface area contributed by atoms with Gasteiger partial charge in [0.05, 0.1) is 7.11 Å². The molecule has 0 saturated heterocycles. The molecule has 0 unspecified atom stereocenters. The number of benzene rings is 1. The largest absolute Gasteiger partial charge is 0.493 e. The summed E-state index contributed by atoms with van der Waals surface area (Å²) in [6.45, 7) is 0.528. The molecule has 0 aromatic heterocycles. The molecule has 0 aliphatic carbocycles. The average Bonchev–Trinajstić information content (AvgIpc) is 2.39. The highest BCUT2D eigenvalue weighted by Gasteiger charge is 2.03. The lowest BCUT2D eigenvalue weighted by Crippen LogP contribution is -2.38. The molecule has 0 aliphatic rings. The summed E-state index contributed by atoms with van der Waals surface area (Å²) in [6, 6.07) is 6.85. The summed E-state index contributed by atoms with van der Waals surface area (Å²) in [5.74, 6) is 1.18. The summed E-state index contributed by atoms with van der Waals surface area (Å²) in [7, 11) is 1.55. The van der Waals surface area contributed by atoms with E-state index in [1.54, 1.807) is 19.2 Å². The number of para-hydroxylation sites is 2. The van der Waals surface area contributed by atoms with Crippen molar-refractivity contribution in [2.24, 2.45) is 0 Å². The van der Waals surface area contributed by atoms with Gasteiger partial charge in [-0.1, -0.05) is 12.1 Å². The highest BCUT2D eigenvalue weighted by Crippen LogP contribution is 2.25. The molecular formula is C12H18N2O4. The fourth-order valence-corrected chi connectivity index (χ4v) is 1.26. The fraction of sp³-hybridized carbons (Fsp3) is 0.417. The van der Waals surface area contributed by atoms with Crippen LogP contribution in [-0.2, 0) is 0 Å². The van der Waals surface area contributed by atoms with Crippen molar-refractivity contribution in [3.05, 3.63) is 24.3 Å². The van der Waals surface area contributed by atoms with Gasteiger partial charge in [-0.15, -0.1) is 0 Å². The van der Waals surface area contributed by atoms with Crippen LogP contribution in [0.4, 0.5) is 4.79 Å². The Morgan fingerprint density at radius 1 is 1.28 bits per heavy atom. The second-order valence-corrected chi connectivity index (χ2v) is 3.45. The minimum absolute atomic E-state index is 0.0470. The van der Waals surface area contributed by atoms with E-state index in [1.165, 1.54) is 0 Å². The van der Waals surface area contributed by atoms with Gasteiger partial charge in [0, 0.05) is 13.2 Å². The van der Waals surface area contributed by atoms with Crippen molar-refractivity contribution < 1.29 is 19.4 Å². The van der Waals surface area contributed by atoms with Crippen molar-refractivity contribution in [3.63, 3.8) is 0 Å². The number of amides is 2. The normalized spacial score (nSPS) is 9.67.